The van der Waals surface area contributed by atoms with Crippen molar-refractivity contribution in [2.24, 2.45) is 0 Å². The van der Waals surface area contributed by atoms with E-state index in [0.29, 0.717) is 0 Å². The number of halogens is 6. The van der Waals surface area contributed by atoms with Crippen LogP contribution in [0.5, 0.6) is 0 Å². The molecule has 0 saturated carbocycles. The Hall–Kier alpha value is -1.34. The molecule has 0 aromatic carbocycles. The van der Waals surface area contributed by atoms with Crippen molar-refractivity contribution in [3.05, 3.63) is 23.7 Å². The Bertz CT molecular complexity index is 418. The summed E-state index contributed by atoms with van der Waals surface area (Å²) in [6, 6.07) is 0. The van der Waals surface area contributed by atoms with E-state index in [9.17, 15) is 35.9 Å². The molecule has 4 nitrogen and oxygen atoms in total. The van der Waals surface area contributed by atoms with E-state index in [2.05, 4.69) is 0 Å². The predicted molar refractivity (Wildman–Crippen MR) is 54.9 cm³/mol. The number of rotatable bonds is 2. The van der Waals surface area contributed by atoms with Gasteiger partial charge in [0.1, 0.15) is 0 Å². The molecule has 0 atom stereocenters. The average molecular weight is 415 g/mol. The van der Waals surface area contributed by atoms with Crippen molar-refractivity contribution in [1.29, 1.82) is 0 Å². The zero-order valence-electron chi connectivity index (χ0n) is 10.4. The van der Waals surface area contributed by atoms with Crippen LogP contribution in [0.3, 0.4) is 0 Å². The second kappa shape index (κ2) is 9.57. The fourth-order valence-corrected chi connectivity index (χ4v) is 0.546. The zero-order valence-corrected chi connectivity index (χ0v) is 12.0. The molecule has 0 heterocycles. The van der Waals surface area contributed by atoms with Gasteiger partial charge in [-0.25, -0.2) is 0 Å². The van der Waals surface area contributed by atoms with Gasteiger partial charge in [-0.15, -0.1) is 0 Å². The third-order valence-corrected chi connectivity index (χ3v) is 1.25. The first kappa shape index (κ1) is 24.7. The van der Waals surface area contributed by atoms with E-state index in [1.807, 2.05) is 0 Å². The van der Waals surface area contributed by atoms with E-state index < -0.39 is 35.4 Å². The number of hydrogen-bond acceptors (Lipinski definition) is 4. The van der Waals surface area contributed by atoms with Gasteiger partial charge in [0.2, 0.25) is 5.76 Å². The largest absolute Gasteiger partial charge is 0.512 e. The molecule has 0 aromatic rings. The molecule has 0 unspecified atom stereocenters. The van der Waals surface area contributed by atoms with Gasteiger partial charge >= 0.3 is 12.4 Å². The van der Waals surface area contributed by atoms with Crippen molar-refractivity contribution in [1.82, 2.24) is 0 Å². The second-order valence-electron chi connectivity index (χ2n) is 3.29. The first-order chi connectivity index (χ1) is 8.67. The van der Waals surface area contributed by atoms with Crippen LogP contribution in [0.1, 0.15) is 13.8 Å². The van der Waals surface area contributed by atoms with Gasteiger partial charge in [0.05, 0.1) is 5.76 Å². The van der Waals surface area contributed by atoms with Gasteiger partial charge in [0, 0.05) is 32.6 Å². The Kier molecular flexibility index (Phi) is 11.2. The predicted octanol–water partition coefficient (Wildman–Crippen LogP) is 3.16. The summed E-state index contributed by atoms with van der Waals surface area (Å²) in [5.74, 6) is -5.40. The van der Waals surface area contributed by atoms with Gasteiger partial charge in [-0.3, -0.25) is 9.59 Å². The van der Waals surface area contributed by atoms with Crippen molar-refractivity contribution < 1.29 is 66.6 Å². The summed E-state index contributed by atoms with van der Waals surface area (Å²) < 4.78 is 67.9. The molecule has 0 fully saturated rings. The van der Waals surface area contributed by atoms with Crippen molar-refractivity contribution in [2.45, 2.75) is 26.2 Å². The molecular formula is C10H10F6O4Pd. The molecule has 0 spiro atoms. The van der Waals surface area contributed by atoms with Gasteiger partial charge in [0.15, 0.2) is 5.78 Å². The second-order valence-corrected chi connectivity index (χ2v) is 3.29. The Balaban J connectivity index is -0.000000295. The quantitative estimate of drug-likeness (QED) is 0.315. The fourth-order valence-electron chi connectivity index (χ4n) is 0.546. The van der Waals surface area contributed by atoms with Crippen molar-refractivity contribution in [3.63, 3.8) is 0 Å². The van der Waals surface area contributed by atoms with Crippen LogP contribution in [0.15, 0.2) is 23.7 Å². The maximum atomic E-state index is 11.3. The van der Waals surface area contributed by atoms with Crippen LogP contribution in [0.25, 0.3) is 0 Å². The van der Waals surface area contributed by atoms with Gasteiger partial charge < -0.3 is 10.2 Å². The Labute approximate surface area is 128 Å². The summed E-state index contributed by atoms with van der Waals surface area (Å²) in [5.41, 5.74) is 0. The van der Waals surface area contributed by atoms with Crippen LogP contribution >= 0.6 is 0 Å². The Morgan fingerprint density at radius 2 is 1.24 bits per heavy atom. The molecule has 0 bridgehead atoms. The van der Waals surface area contributed by atoms with E-state index >= 15 is 0 Å². The molecule has 2 N–H and O–H groups in total. The minimum absolute atomic E-state index is 0. The fraction of sp³-hybridized carbons (Fsp3) is 0.400. The van der Waals surface area contributed by atoms with Crippen LogP contribution in [0.4, 0.5) is 26.3 Å². The minimum Gasteiger partial charge on any atom is -0.512 e. The Morgan fingerprint density at radius 3 is 1.33 bits per heavy atom. The van der Waals surface area contributed by atoms with Crippen LogP contribution in [-0.4, -0.2) is 34.1 Å². The SMILES string of the molecule is C/C(O)=C/C(=O)C(F)(F)F.CC(=O)/C=C(\O)C(F)(F)F.[Pd]. The third kappa shape index (κ3) is 14.9. The molecule has 0 aromatic heterocycles. The molecule has 0 radical (unpaired) electrons. The molecule has 0 saturated heterocycles. The maximum Gasteiger partial charge on any atom is 0.454 e. The van der Waals surface area contributed by atoms with E-state index in [0.717, 1.165) is 13.8 Å². The number of carbonyl (C=O) groups is 2. The molecule has 11 heteroatoms. The normalized spacial score (nSPS) is 12.8. The summed E-state index contributed by atoms with van der Waals surface area (Å²) in [5, 5.41) is 16.3. The number of aliphatic hydroxyl groups excluding tert-OH is 2. The first-order valence-electron chi connectivity index (χ1n) is 4.64. The van der Waals surface area contributed by atoms with Crippen LogP contribution in [0.2, 0.25) is 0 Å². The zero-order chi connectivity index (χ0) is 16.7. The molecule has 0 rings (SSSR count). The van der Waals surface area contributed by atoms with Gasteiger partial charge in [-0.2, -0.15) is 26.3 Å². The van der Waals surface area contributed by atoms with Crippen LogP contribution in [0, 0.1) is 0 Å². The van der Waals surface area contributed by atoms with Gasteiger partial charge in [-0.1, -0.05) is 0 Å². The molecule has 0 amide bonds. The summed E-state index contributed by atoms with van der Waals surface area (Å²) in [4.78, 5) is 19.9. The number of carbonyl (C=O) groups excluding carboxylic acids is 2. The first-order valence-corrected chi connectivity index (χ1v) is 4.64. The summed E-state index contributed by atoms with van der Waals surface area (Å²) in [6.45, 7) is 1.91. The number of ketones is 2. The summed E-state index contributed by atoms with van der Waals surface area (Å²) in [7, 11) is 0. The van der Waals surface area contributed by atoms with Crippen LogP contribution in [-0.2, 0) is 30.0 Å². The molecule has 0 aliphatic carbocycles. The minimum atomic E-state index is -4.88. The van der Waals surface area contributed by atoms with E-state index in [4.69, 9.17) is 10.2 Å². The maximum absolute atomic E-state index is 11.3. The van der Waals surface area contributed by atoms with E-state index in [1.165, 1.54) is 0 Å². The summed E-state index contributed by atoms with van der Waals surface area (Å²) in [6.07, 6.45) is -9.45. The standard InChI is InChI=1S/2C5H5F3O2.Pd/c2*1-3(9)2-4(10)5(6,7)8;/h2,10H,1H3;2,9H,1H3;/b4-2-;3-2-;. The molecule has 126 valence electrons. The van der Waals surface area contributed by atoms with Crippen LogP contribution < -0.4 is 0 Å². The van der Waals surface area contributed by atoms with Crippen molar-refractivity contribution >= 4 is 11.6 Å². The topological polar surface area (TPSA) is 74.6 Å². The van der Waals surface area contributed by atoms with E-state index in [1.54, 1.807) is 0 Å². The number of hydrogen-bond donors (Lipinski definition) is 2. The van der Waals surface area contributed by atoms with Crippen molar-refractivity contribution in [2.75, 3.05) is 0 Å². The Morgan fingerprint density at radius 1 is 0.857 bits per heavy atom. The van der Waals surface area contributed by atoms with Gasteiger partial charge in [-0.05, 0) is 13.8 Å². The molecular weight excluding hydrogens is 405 g/mol. The number of alkyl halides is 6. The van der Waals surface area contributed by atoms with Crippen molar-refractivity contribution in [3.8, 4) is 0 Å². The monoisotopic (exact) mass is 414 g/mol. The smallest absolute Gasteiger partial charge is 0.454 e. The number of aliphatic hydroxyl groups is 2. The van der Waals surface area contributed by atoms with E-state index in [-0.39, 0.29) is 32.6 Å². The molecule has 0 aliphatic heterocycles. The van der Waals surface area contributed by atoms with Gasteiger partial charge in [0.25, 0.3) is 5.78 Å². The average Bonchev–Trinajstić information content (AvgIpc) is 2.13. The number of allylic oxidation sites excluding steroid dienone is 4. The third-order valence-electron chi connectivity index (χ3n) is 1.25. The molecule has 21 heavy (non-hydrogen) atoms. The molecule has 0 aliphatic rings. The summed E-state index contributed by atoms with van der Waals surface area (Å²) >= 11 is 0.